The van der Waals surface area contributed by atoms with Crippen LogP contribution in [0.25, 0.3) is 0 Å². The van der Waals surface area contributed by atoms with Gasteiger partial charge in [-0.05, 0) is 31.0 Å². The summed E-state index contributed by atoms with van der Waals surface area (Å²) in [6.45, 7) is 2.07. The first-order chi connectivity index (χ1) is 9.88. The summed E-state index contributed by atoms with van der Waals surface area (Å²) >= 11 is 6.00. The van der Waals surface area contributed by atoms with Crippen LogP contribution in [0.3, 0.4) is 0 Å². The molecule has 1 saturated heterocycles. The van der Waals surface area contributed by atoms with Crippen LogP contribution in [0.5, 0.6) is 0 Å². The number of hydrogen-bond acceptors (Lipinski definition) is 4. The number of nitrogens with two attached hydrogens (primary N) is 1. The Morgan fingerprint density at radius 1 is 1.52 bits per heavy atom. The Kier molecular flexibility index (Phi) is 4.82. The molecule has 21 heavy (non-hydrogen) atoms. The summed E-state index contributed by atoms with van der Waals surface area (Å²) < 4.78 is 0. The minimum Gasteiger partial charge on any atom is -0.392 e. The van der Waals surface area contributed by atoms with E-state index in [0.717, 1.165) is 5.56 Å². The number of primary amides is 1. The molecule has 0 spiro atoms. The number of hydrogen-bond donors (Lipinski definition) is 3. The number of β-amino-alcohol motifs (C(OH)–C–C–N with tert-alkyl or cyclic N) is 1. The summed E-state index contributed by atoms with van der Waals surface area (Å²) in [5.74, 6) is -0.806. The maximum absolute atomic E-state index is 12.1. The highest BCUT2D eigenvalue weighted by atomic mass is 35.5. The molecule has 0 aliphatic carbocycles. The van der Waals surface area contributed by atoms with Gasteiger partial charge in [0.1, 0.15) is 0 Å². The van der Waals surface area contributed by atoms with E-state index in [4.69, 9.17) is 17.3 Å². The topological polar surface area (TPSA) is 95.7 Å². The number of carbonyl (C=O) groups is 2. The van der Waals surface area contributed by atoms with Gasteiger partial charge in [0, 0.05) is 17.3 Å². The van der Waals surface area contributed by atoms with E-state index < -0.39 is 18.1 Å². The SMILES string of the molecule is Cc1c(Cl)cccc1NC(=O)CN1C[C@@H](O)C[C@H]1C(N)=O. The van der Waals surface area contributed by atoms with E-state index in [1.807, 2.05) is 6.92 Å². The second-order valence-corrected chi connectivity index (χ2v) is 5.60. The van der Waals surface area contributed by atoms with Crippen molar-refractivity contribution in [2.45, 2.75) is 25.5 Å². The summed E-state index contributed by atoms with van der Waals surface area (Å²) in [7, 11) is 0. The normalized spacial score (nSPS) is 22.2. The zero-order valence-corrected chi connectivity index (χ0v) is 12.4. The first kappa shape index (κ1) is 15.8. The molecule has 2 atom stereocenters. The van der Waals surface area contributed by atoms with Gasteiger partial charge < -0.3 is 16.2 Å². The standard InChI is InChI=1S/C14H18ClN3O3/c1-8-10(15)3-2-4-11(8)17-13(20)7-18-6-9(19)5-12(18)14(16)21/h2-4,9,12,19H,5-7H2,1H3,(H2,16,21)(H,17,20)/t9-,12-/m0/s1. The predicted octanol–water partition coefficient (Wildman–Crippen LogP) is 0.507. The van der Waals surface area contributed by atoms with Gasteiger partial charge in [-0.3, -0.25) is 14.5 Å². The van der Waals surface area contributed by atoms with Crippen molar-refractivity contribution in [3.05, 3.63) is 28.8 Å². The van der Waals surface area contributed by atoms with Crippen molar-refractivity contribution in [2.24, 2.45) is 5.73 Å². The molecule has 0 aromatic heterocycles. The molecular weight excluding hydrogens is 294 g/mol. The number of nitrogens with zero attached hydrogens (tertiary/aromatic N) is 1. The summed E-state index contributed by atoms with van der Waals surface area (Å²) in [6.07, 6.45) is -0.373. The molecule has 1 aliphatic heterocycles. The van der Waals surface area contributed by atoms with Crippen molar-refractivity contribution < 1.29 is 14.7 Å². The van der Waals surface area contributed by atoms with E-state index >= 15 is 0 Å². The lowest BCUT2D eigenvalue weighted by molar-refractivity contribution is -0.123. The number of amides is 2. The number of carbonyl (C=O) groups excluding carboxylic acids is 2. The predicted molar refractivity (Wildman–Crippen MR) is 80.0 cm³/mol. The Morgan fingerprint density at radius 2 is 2.24 bits per heavy atom. The average molecular weight is 312 g/mol. The quantitative estimate of drug-likeness (QED) is 0.755. The molecule has 2 rings (SSSR count). The molecule has 0 radical (unpaired) electrons. The lowest BCUT2D eigenvalue weighted by Crippen LogP contribution is -2.44. The summed E-state index contributed by atoms with van der Waals surface area (Å²) in [6, 6.07) is 4.64. The van der Waals surface area contributed by atoms with E-state index in [9.17, 15) is 14.7 Å². The van der Waals surface area contributed by atoms with E-state index in [-0.39, 0.29) is 25.4 Å². The molecule has 2 amide bonds. The van der Waals surface area contributed by atoms with Crippen LogP contribution in [-0.2, 0) is 9.59 Å². The fraction of sp³-hybridized carbons (Fsp3) is 0.429. The van der Waals surface area contributed by atoms with Gasteiger partial charge in [-0.2, -0.15) is 0 Å². The highest BCUT2D eigenvalue weighted by Crippen LogP contribution is 2.23. The zero-order valence-electron chi connectivity index (χ0n) is 11.7. The molecule has 1 aromatic rings. The first-order valence-electron chi connectivity index (χ1n) is 6.65. The van der Waals surface area contributed by atoms with Gasteiger partial charge in [-0.25, -0.2) is 0 Å². The fourth-order valence-corrected chi connectivity index (χ4v) is 2.64. The van der Waals surface area contributed by atoms with Crippen LogP contribution < -0.4 is 11.1 Å². The number of halogens is 1. The van der Waals surface area contributed by atoms with E-state index in [2.05, 4.69) is 5.32 Å². The maximum Gasteiger partial charge on any atom is 0.238 e. The van der Waals surface area contributed by atoms with Crippen molar-refractivity contribution in [1.82, 2.24) is 4.90 Å². The van der Waals surface area contributed by atoms with Gasteiger partial charge >= 0.3 is 0 Å². The van der Waals surface area contributed by atoms with Gasteiger partial charge in [0.25, 0.3) is 0 Å². The van der Waals surface area contributed by atoms with Crippen LogP contribution in [-0.4, -0.2) is 47.1 Å². The second kappa shape index (κ2) is 6.43. The number of nitrogens with one attached hydrogen (secondary N) is 1. The molecule has 1 heterocycles. The van der Waals surface area contributed by atoms with Crippen molar-refractivity contribution >= 4 is 29.1 Å². The zero-order chi connectivity index (χ0) is 15.6. The molecule has 6 nitrogen and oxygen atoms in total. The minimum atomic E-state index is -0.636. The monoisotopic (exact) mass is 311 g/mol. The van der Waals surface area contributed by atoms with Crippen LogP contribution in [0.4, 0.5) is 5.69 Å². The van der Waals surface area contributed by atoms with Crippen LogP contribution in [0, 0.1) is 6.92 Å². The lowest BCUT2D eigenvalue weighted by atomic mass is 10.2. The highest BCUT2D eigenvalue weighted by molar-refractivity contribution is 6.31. The Labute approximate surface area is 127 Å². The first-order valence-corrected chi connectivity index (χ1v) is 7.02. The van der Waals surface area contributed by atoms with Crippen molar-refractivity contribution in [3.63, 3.8) is 0 Å². The summed E-state index contributed by atoms with van der Waals surface area (Å²) in [4.78, 5) is 25.0. The molecule has 1 aliphatic rings. The van der Waals surface area contributed by atoms with Gasteiger partial charge in [0.05, 0.1) is 18.7 Å². The number of aliphatic hydroxyl groups is 1. The van der Waals surface area contributed by atoms with E-state index in [0.29, 0.717) is 10.7 Å². The van der Waals surface area contributed by atoms with Gasteiger partial charge in [0.15, 0.2) is 0 Å². The van der Waals surface area contributed by atoms with Gasteiger partial charge in [-0.15, -0.1) is 0 Å². The molecule has 4 N–H and O–H groups in total. The Balaban J connectivity index is 2.01. The Hall–Kier alpha value is -1.63. The van der Waals surface area contributed by atoms with Crippen LogP contribution >= 0.6 is 11.6 Å². The average Bonchev–Trinajstić information content (AvgIpc) is 2.76. The van der Waals surface area contributed by atoms with Crippen molar-refractivity contribution in [1.29, 1.82) is 0 Å². The fourth-order valence-electron chi connectivity index (χ4n) is 2.47. The van der Waals surface area contributed by atoms with Crippen molar-refractivity contribution in [3.8, 4) is 0 Å². The largest absolute Gasteiger partial charge is 0.392 e. The molecule has 0 bridgehead atoms. The smallest absolute Gasteiger partial charge is 0.238 e. The summed E-state index contributed by atoms with van der Waals surface area (Å²) in [5.41, 5.74) is 6.69. The van der Waals surface area contributed by atoms with Crippen LogP contribution in [0.2, 0.25) is 5.02 Å². The summed E-state index contributed by atoms with van der Waals surface area (Å²) in [5, 5.41) is 12.9. The maximum atomic E-state index is 12.1. The third kappa shape index (κ3) is 3.72. The van der Waals surface area contributed by atoms with Gasteiger partial charge in [-0.1, -0.05) is 17.7 Å². The number of benzene rings is 1. The number of anilines is 1. The van der Waals surface area contributed by atoms with E-state index in [1.54, 1.807) is 23.1 Å². The third-order valence-electron chi connectivity index (χ3n) is 3.60. The van der Waals surface area contributed by atoms with Crippen LogP contribution in [0.1, 0.15) is 12.0 Å². The highest BCUT2D eigenvalue weighted by Gasteiger charge is 2.35. The number of likely N-dealkylation sites (tertiary alicyclic amines) is 1. The molecule has 0 unspecified atom stereocenters. The number of rotatable bonds is 4. The molecule has 1 aromatic carbocycles. The van der Waals surface area contributed by atoms with Crippen molar-refractivity contribution in [2.75, 3.05) is 18.4 Å². The second-order valence-electron chi connectivity index (χ2n) is 5.20. The third-order valence-corrected chi connectivity index (χ3v) is 4.01. The van der Waals surface area contributed by atoms with Gasteiger partial charge in [0.2, 0.25) is 11.8 Å². The molecule has 0 saturated carbocycles. The Morgan fingerprint density at radius 3 is 2.90 bits per heavy atom. The molecule has 7 heteroatoms. The van der Waals surface area contributed by atoms with E-state index in [1.165, 1.54) is 0 Å². The number of aliphatic hydroxyl groups excluding tert-OH is 1. The minimum absolute atomic E-state index is 0.00335. The lowest BCUT2D eigenvalue weighted by Gasteiger charge is -2.21. The van der Waals surface area contributed by atoms with Crippen LogP contribution in [0.15, 0.2) is 18.2 Å². The molecule has 114 valence electrons. The Bertz CT molecular complexity index is 564. The molecular formula is C14H18ClN3O3. The molecule has 1 fully saturated rings.